The first-order valence-corrected chi connectivity index (χ1v) is 6.53. The molecular weight excluding hydrogens is 235 g/mol. The van der Waals surface area contributed by atoms with Gasteiger partial charge in [-0.15, -0.1) is 0 Å². The van der Waals surface area contributed by atoms with Crippen LogP contribution < -0.4 is 10.6 Å². The summed E-state index contributed by atoms with van der Waals surface area (Å²) >= 11 is 0. The summed E-state index contributed by atoms with van der Waals surface area (Å²) in [6.07, 6.45) is 0. The number of benzene rings is 2. The molecule has 2 aromatic rings. The highest BCUT2D eigenvalue weighted by Crippen LogP contribution is 2.21. The number of carboxylic acids is 1. The van der Waals surface area contributed by atoms with E-state index < -0.39 is 13.8 Å². The lowest BCUT2D eigenvalue weighted by Gasteiger charge is -2.05. The Morgan fingerprint density at radius 2 is 1.53 bits per heavy atom. The van der Waals surface area contributed by atoms with Crippen molar-refractivity contribution in [1.82, 2.24) is 0 Å². The third-order valence-corrected chi connectivity index (χ3v) is 4.22. The van der Waals surface area contributed by atoms with Gasteiger partial charge in [-0.2, -0.15) is 0 Å². The highest BCUT2D eigenvalue weighted by molar-refractivity contribution is 7.61. The maximum Gasteiger partial charge on any atom is 0.336 e. The van der Waals surface area contributed by atoms with Crippen molar-refractivity contribution in [2.75, 3.05) is 0 Å². The van der Waals surface area contributed by atoms with Crippen molar-refractivity contribution in [2.24, 2.45) is 0 Å². The molecule has 0 spiro atoms. The van der Waals surface area contributed by atoms with E-state index in [1.165, 1.54) is 6.07 Å². The van der Waals surface area contributed by atoms with E-state index in [9.17, 15) is 9.36 Å². The van der Waals surface area contributed by atoms with E-state index in [2.05, 4.69) is 0 Å². The van der Waals surface area contributed by atoms with Gasteiger partial charge in [-0.25, -0.2) is 4.79 Å². The highest BCUT2D eigenvalue weighted by Gasteiger charge is 2.15. The van der Waals surface area contributed by atoms with Crippen molar-refractivity contribution in [3.05, 3.63) is 60.2 Å². The van der Waals surface area contributed by atoms with Gasteiger partial charge in [0.05, 0.1) is 5.56 Å². The van der Waals surface area contributed by atoms with Crippen molar-refractivity contribution in [3.8, 4) is 0 Å². The predicted molar refractivity (Wildman–Crippen MR) is 68.1 cm³/mol. The van der Waals surface area contributed by atoms with Crippen molar-refractivity contribution >= 4 is 24.4 Å². The number of carboxylic acid groups (broad SMARTS) is 1. The first-order chi connectivity index (χ1) is 8.20. The number of carbonyl (C=O) groups is 1. The summed E-state index contributed by atoms with van der Waals surface area (Å²) in [4.78, 5) is 11.0. The van der Waals surface area contributed by atoms with Crippen LogP contribution in [0, 0.1) is 0 Å². The van der Waals surface area contributed by atoms with Crippen LogP contribution in [0.5, 0.6) is 0 Å². The third kappa shape index (κ3) is 2.45. The van der Waals surface area contributed by atoms with Crippen LogP contribution >= 0.6 is 7.80 Å². The molecule has 0 heterocycles. The molecule has 4 heteroatoms. The Bertz CT molecular complexity index is 564. The molecule has 0 saturated heterocycles. The first-order valence-electron chi connectivity index (χ1n) is 5.12. The van der Waals surface area contributed by atoms with Crippen molar-refractivity contribution in [1.29, 1.82) is 0 Å². The molecule has 0 saturated carbocycles. The van der Waals surface area contributed by atoms with Crippen LogP contribution in [0.25, 0.3) is 0 Å². The second-order valence-corrected chi connectivity index (χ2v) is 5.32. The quantitative estimate of drug-likeness (QED) is 0.841. The molecule has 1 N–H and O–H groups in total. The van der Waals surface area contributed by atoms with Gasteiger partial charge in [0.1, 0.15) is 7.80 Å². The zero-order valence-corrected chi connectivity index (χ0v) is 9.96. The molecule has 0 aliphatic carbocycles. The molecule has 0 bridgehead atoms. The summed E-state index contributed by atoms with van der Waals surface area (Å²) in [7, 11) is -2.25. The average molecular weight is 246 g/mol. The molecular formula is C13H11O3P. The van der Waals surface area contributed by atoms with E-state index in [1.807, 2.05) is 6.07 Å². The SMILES string of the molecule is O=C(O)c1ccccc1[PH](=O)c1ccccc1. The fraction of sp³-hybridized carbons (Fsp3) is 0. The van der Waals surface area contributed by atoms with E-state index in [0.29, 0.717) is 10.6 Å². The number of aromatic carboxylic acids is 1. The number of hydrogen-bond acceptors (Lipinski definition) is 2. The summed E-state index contributed by atoms with van der Waals surface area (Å²) in [5.74, 6) is -1.05. The summed E-state index contributed by atoms with van der Waals surface area (Å²) in [5, 5.41) is 10.1. The monoisotopic (exact) mass is 246 g/mol. The molecule has 1 unspecified atom stereocenters. The van der Waals surface area contributed by atoms with Gasteiger partial charge >= 0.3 is 5.97 Å². The Hall–Kier alpha value is -1.86. The van der Waals surface area contributed by atoms with E-state index in [0.717, 1.165) is 0 Å². The van der Waals surface area contributed by atoms with Crippen molar-refractivity contribution in [3.63, 3.8) is 0 Å². The normalized spacial score (nSPS) is 12.0. The molecule has 0 aliphatic heterocycles. The number of rotatable bonds is 3. The Morgan fingerprint density at radius 1 is 0.941 bits per heavy atom. The smallest absolute Gasteiger partial charge is 0.336 e. The van der Waals surface area contributed by atoms with Crippen LogP contribution in [-0.4, -0.2) is 11.1 Å². The van der Waals surface area contributed by atoms with Gasteiger partial charge in [-0.3, -0.25) is 0 Å². The van der Waals surface area contributed by atoms with Crippen LogP contribution in [-0.2, 0) is 4.57 Å². The standard InChI is InChI=1S/C13H11O3P/c14-13(15)11-8-4-5-9-12(11)17(16)10-6-2-1-3-7-10/h1-9,17H,(H,14,15). The van der Waals surface area contributed by atoms with Gasteiger partial charge in [-0.05, 0) is 6.07 Å². The summed E-state index contributed by atoms with van der Waals surface area (Å²) in [5.41, 5.74) is 0.111. The van der Waals surface area contributed by atoms with E-state index in [1.54, 1.807) is 42.5 Å². The predicted octanol–water partition coefficient (Wildman–Crippen LogP) is 1.90. The van der Waals surface area contributed by atoms with E-state index in [4.69, 9.17) is 5.11 Å². The third-order valence-electron chi connectivity index (χ3n) is 2.44. The second-order valence-electron chi connectivity index (χ2n) is 3.55. The maximum absolute atomic E-state index is 12.3. The molecule has 17 heavy (non-hydrogen) atoms. The topological polar surface area (TPSA) is 54.4 Å². The van der Waals surface area contributed by atoms with E-state index >= 15 is 0 Å². The fourth-order valence-corrected chi connectivity index (χ4v) is 3.10. The largest absolute Gasteiger partial charge is 0.478 e. The van der Waals surface area contributed by atoms with Crippen molar-refractivity contribution in [2.45, 2.75) is 0 Å². The molecule has 0 fully saturated rings. The Morgan fingerprint density at radius 3 is 2.18 bits per heavy atom. The van der Waals surface area contributed by atoms with Gasteiger partial charge in [0.25, 0.3) is 0 Å². The fourth-order valence-electron chi connectivity index (χ4n) is 1.61. The zero-order valence-electron chi connectivity index (χ0n) is 8.96. The van der Waals surface area contributed by atoms with Crippen LogP contribution in [0.2, 0.25) is 0 Å². The molecule has 0 aromatic heterocycles. The van der Waals surface area contributed by atoms with Gasteiger partial charge < -0.3 is 9.67 Å². The summed E-state index contributed by atoms with van der Waals surface area (Å²) in [6, 6.07) is 15.3. The minimum absolute atomic E-state index is 0.111. The molecule has 2 rings (SSSR count). The average Bonchev–Trinajstić information content (AvgIpc) is 2.39. The molecule has 0 aliphatic rings. The molecule has 1 atom stereocenters. The minimum atomic E-state index is -2.25. The minimum Gasteiger partial charge on any atom is -0.478 e. The van der Waals surface area contributed by atoms with Gasteiger partial charge in [0.2, 0.25) is 0 Å². The Kier molecular flexibility index (Phi) is 3.40. The van der Waals surface area contributed by atoms with Crippen LogP contribution in [0.4, 0.5) is 0 Å². The lowest BCUT2D eigenvalue weighted by atomic mass is 10.2. The maximum atomic E-state index is 12.3. The highest BCUT2D eigenvalue weighted by atomic mass is 31.1. The first kappa shape index (κ1) is 11.6. The molecule has 86 valence electrons. The van der Waals surface area contributed by atoms with Gasteiger partial charge in [-0.1, -0.05) is 48.5 Å². The van der Waals surface area contributed by atoms with Crippen LogP contribution in [0.1, 0.15) is 10.4 Å². The van der Waals surface area contributed by atoms with Crippen molar-refractivity contribution < 1.29 is 14.5 Å². The summed E-state index contributed by atoms with van der Waals surface area (Å²) < 4.78 is 12.3. The second kappa shape index (κ2) is 4.98. The zero-order chi connectivity index (χ0) is 12.3. The van der Waals surface area contributed by atoms with E-state index in [-0.39, 0.29) is 5.56 Å². The van der Waals surface area contributed by atoms with Gasteiger partial charge in [0, 0.05) is 10.6 Å². The number of hydrogen-bond donors (Lipinski definition) is 1. The molecule has 3 nitrogen and oxygen atoms in total. The Balaban J connectivity index is 2.48. The van der Waals surface area contributed by atoms with Gasteiger partial charge in [0.15, 0.2) is 0 Å². The molecule has 2 aromatic carbocycles. The van der Waals surface area contributed by atoms with Crippen LogP contribution in [0.3, 0.4) is 0 Å². The molecule has 0 amide bonds. The summed E-state index contributed by atoms with van der Waals surface area (Å²) in [6.45, 7) is 0. The molecule has 0 radical (unpaired) electrons. The lowest BCUT2D eigenvalue weighted by molar-refractivity contribution is 0.0698. The Labute approximate surface area is 99.5 Å². The lowest BCUT2D eigenvalue weighted by Crippen LogP contribution is -2.15. The van der Waals surface area contributed by atoms with Crippen LogP contribution in [0.15, 0.2) is 54.6 Å².